The third kappa shape index (κ3) is 17.9. The van der Waals surface area contributed by atoms with Crippen LogP contribution < -0.4 is 34.9 Å². The molecule has 4 aromatic rings. The largest absolute Gasteiger partial charge is 0.573 e. The average Bonchev–Trinajstić information content (AvgIpc) is 3.33. The smallest absolute Gasteiger partial charge is 0.444 e. The van der Waals surface area contributed by atoms with Crippen molar-refractivity contribution in [1.82, 2.24) is 29.5 Å². The maximum absolute atomic E-state index is 14.1. The molecule has 2 aliphatic heterocycles. The highest BCUT2D eigenvalue weighted by atomic mass is 32.2. The van der Waals surface area contributed by atoms with E-state index in [1.165, 1.54) is 12.1 Å². The van der Waals surface area contributed by atoms with E-state index >= 15 is 0 Å². The van der Waals surface area contributed by atoms with Gasteiger partial charge in [0.2, 0.25) is 31.9 Å². The summed E-state index contributed by atoms with van der Waals surface area (Å²) in [5.74, 6) is -6.49. The number of hydrogen-bond donors (Lipinski definition) is 3. The minimum atomic E-state index is -5.00. The Morgan fingerprint density at radius 3 is 1.43 bits per heavy atom. The predicted molar refractivity (Wildman–Crippen MR) is 242 cm³/mol. The van der Waals surface area contributed by atoms with Crippen molar-refractivity contribution in [2.75, 3.05) is 39.3 Å². The van der Waals surface area contributed by atoms with E-state index in [0.717, 1.165) is 86.3 Å². The first-order chi connectivity index (χ1) is 35.7. The molecule has 2 aliphatic rings. The van der Waals surface area contributed by atoms with Gasteiger partial charge in [0.15, 0.2) is 23.1 Å². The maximum atomic E-state index is 14.1. The Labute approximate surface area is 431 Å². The zero-order chi connectivity index (χ0) is 57.3. The normalized spacial score (nSPS) is 17.0. The van der Waals surface area contributed by atoms with Gasteiger partial charge in [0.05, 0.1) is 9.79 Å². The van der Waals surface area contributed by atoms with Crippen molar-refractivity contribution in [3.05, 3.63) is 108 Å². The van der Waals surface area contributed by atoms with Crippen molar-refractivity contribution < 1.29 is 108 Å². The molecule has 0 aliphatic carbocycles. The molecule has 424 valence electrons. The molecule has 2 saturated heterocycles. The maximum Gasteiger partial charge on any atom is 0.573 e. The Balaban J connectivity index is 0.000000289. The van der Waals surface area contributed by atoms with E-state index in [0.29, 0.717) is 0 Å². The summed E-state index contributed by atoms with van der Waals surface area (Å²) in [5, 5.41) is 7.76. The summed E-state index contributed by atoms with van der Waals surface area (Å²) >= 11 is 0. The first-order valence-electron chi connectivity index (χ1n) is 22.2. The van der Waals surface area contributed by atoms with Crippen molar-refractivity contribution in [2.45, 2.75) is 87.3 Å². The minimum absolute atomic E-state index is 0.0597. The number of hydrogen-bond acceptors (Lipinski definition) is 13. The van der Waals surface area contributed by atoms with E-state index in [1.54, 1.807) is 20.8 Å². The summed E-state index contributed by atoms with van der Waals surface area (Å²) < 4.78 is 227. The van der Waals surface area contributed by atoms with Gasteiger partial charge in [-0.05, 0) is 105 Å². The lowest BCUT2D eigenvalue weighted by Crippen LogP contribution is -2.61. The molecule has 6 rings (SSSR count). The molecule has 3 N–H and O–H groups in total. The number of carbonyl (C=O) groups excluding carboxylic acids is 3. The summed E-state index contributed by atoms with van der Waals surface area (Å²) in [5.41, 5.74) is -0.574. The van der Waals surface area contributed by atoms with Gasteiger partial charge in [-0.15, -0.1) is 26.3 Å². The minimum Gasteiger partial charge on any atom is -0.444 e. The van der Waals surface area contributed by atoms with E-state index in [4.69, 9.17) is 4.74 Å². The summed E-state index contributed by atoms with van der Waals surface area (Å²) in [6.07, 6.45) is -10.8. The monoisotopic (exact) mass is 1150 g/mol. The van der Waals surface area contributed by atoms with Crippen LogP contribution >= 0.6 is 0 Å². The number of ether oxygens (including phenoxy) is 5. The number of rotatable bonds is 16. The molecular weight excluding hydrogens is 1110 g/mol. The van der Waals surface area contributed by atoms with Crippen molar-refractivity contribution >= 4 is 38.0 Å². The third-order valence-electron chi connectivity index (χ3n) is 10.5. The lowest BCUT2D eigenvalue weighted by Gasteiger charge is -2.39. The van der Waals surface area contributed by atoms with Gasteiger partial charge in [-0.3, -0.25) is 9.59 Å². The topological polar surface area (TPSA) is 211 Å². The van der Waals surface area contributed by atoms with E-state index in [9.17, 15) is 83.9 Å². The molecule has 2 fully saturated rings. The summed E-state index contributed by atoms with van der Waals surface area (Å²) in [4.78, 5) is 39.0. The van der Waals surface area contributed by atoms with Gasteiger partial charge in [0, 0.05) is 52.4 Å². The predicted octanol–water partition coefficient (Wildman–Crippen LogP) is 6.86. The Hall–Kier alpha value is -6.77. The molecular formula is C45H46F12N6O12S2. The average molecular weight is 1160 g/mol. The van der Waals surface area contributed by atoms with Crippen LogP contribution in [0.5, 0.6) is 23.0 Å². The number of amides is 3. The van der Waals surface area contributed by atoms with Crippen LogP contribution in [-0.4, -0.2) is 131 Å². The number of nitrogens with one attached hydrogen (secondary N) is 3. The van der Waals surface area contributed by atoms with E-state index in [-0.39, 0.29) is 61.8 Å². The fraction of sp³-hybridized carbons (Fsp3) is 0.400. The fourth-order valence-electron chi connectivity index (χ4n) is 7.16. The second-order valence-corrected chi connectivity index (χ2v) is 20.9. The van der Waals surface area contributed by atoms with Gasteiger partial charge in [-0.25, -0.2) is 30.4 Å². The zero-order valence-electron chi connectivity index (χ0n) is 40.1. The quantitative estimate of drug-likeness (QED) is 0.0981. The lowest BCUT2D eigenvalue weighted by atomic mass is 10.1. The molecule has 2 atom stereocenters. The molecule has 32 heteroatoms. The Kier molecular flexibility index (Phi) is 19.9. The molecule has 0 unspecified atom stereocenters. The third-order valence-corrected chi connectivity index (χ3v) is 14.3. The Morgan fingerprint density at radius 1 is 0.623 bits per heavy atom. The highest BCUT2D eigenvalue weighted by Gasteiger charge is 2.43. The summed E-state index contributed by atoms with van der Waals surface area (Å²) in [6.45, 7) is -3.19. The van der Waals surface area contributed by atoms with Crippen LogP contribution in [0, 0.1) is 11.6 Å². The number of nitrogens with zero attached hydrogens (tertiary/aromatic N) is 3. The van der Waals surface area contributed by atoms with E-state index in [1.807, 2.05) is 0 Å². The molecule has 18 nitrogen and oxygen atoms in total. The zero-order valence-corrected chi connectivity index (χ0v) is 41.8. The molecule has 0 saturated carbocycles. The van der Waals surface area contributed by atoms with Crippen LogP contribution in [0.4, 0.5) is 57.5 Å². The molecule has 77 heavy (non-hydrogen) atoms. The Bertz CT molecular complexity index is 2920. The van der Waals surface area contributed by atoms with Gasteiger partial charge in [-0.1, -0.05) is 12.1 Å². The summed E-state index contributed by atoms with van der Waals surface area (Å²) in [7, 11) is -8.77. The van der Waals surface area contributed by atoms with Gasteiger partial charge in [-0.2, -0.15) is 26.2 Å². The van der Waals surface area contributed by atoms with Crippen LogP contribution in [-0.2, 0) is 47.5 Å². The number of sulfonamides is 2. The molecule has 0 spiro atoms. The van der Waals surface area contributed by atoms with Gasteiger partial charge in [0.25, 0.3) is 0 Å². The van der Waals surface area contributed by atoms with E-state index in [2.05, 4.69) is 34.9 Å². The van der Waals surface area contributed by atoms with Crippen molar-refractivity contribution in [2.24, 2.45) is 0 Å². The van der Waals surface area contributed by atoms with Gasteiger partial charge in [0.1, 0.15) is 29.2 Å². The number of benzene rings is 4. The van der Waals surface area contributed by atoms with Crippen molar-refractivity contribution in [3.63, 3.8) is 0 Å². The number of alkyl halides is 10. The summed E-state index contributed by atoms with van der Waals surface area (Å²) in [6, 6.07) is 10.2. The van der Waals surface area contributed by atoms with Crippen LogP contribution in [0.15, 0.2) is 94.7 Å². The van der Waals surface area contributed by atoms with Crippen LogP contribution in [0.3, 0.4) is 0 Å². The van der Waals surface area contributed by atoms with Crippen LogP contribution in [0.1, 0.15) is 31.9 Å². The first-order valence-corrected chi connectivity index (χ1v) is 25.1. The lowest BCUT2D eigenvalue weighted by molar-refractivity contribution is -0.275. The molecule has 3 amide bonds. The first kappa shape index (κ1) is 61.1. The highest BCUT2D eigenvalue weighted by Crippen LogP contribution is 2.30. The Morgan fingerprint density at radius 2 is 1.04 bits per heavy atom. The molecule has 4 aromatic carbocycles. The fourth-order valence-corrected chi connectivity index (χ4v) is 10.3. The van der Waals surface area contributed by atoms with Crippen LogP contribution in [0.25, 0.3) is 0 Å². The number of carbonyl (C=O) groups is 3. The number of halogens is 12. The van der Waals surface area contributed by atoms with Crippen LogP contribution in [0.2, 0.25) is 0 Å². The highest BCUT2D eigenvalue weighted by molar-refractivity contribution is 7.89. The van der Waals surface area contributed by atoms with Crippen molar-refractivity contribution in [1.29, 1.82) is 0 Å². The molecule has 0 bridgehead atoms. The van der Waals surface area contributed by atoms with E-state index < -0.39 is 128 Å². The second-order valence-electron chi connectivity index (χ2n) is 17.2. The SMILES string of the molecule is CC(C)(C)OC(=O)N1CCN(S(=O)(=O)c2ccc(OC(F)(F)F)cc2)[C@@H](C(=O)NCc2ccc(OC(F)F)c(F)c2)C1.O=C(NCc1ccc(OC(F)F)c(F)c1)[C@H]1CNCCN1S(=O)(=O)c1ccc(OC(F)(F)F)cc1. The standard InChI is InChI=1S/C25H27F6N3O7S.C20H19F6N3O5S/c1-24(2,3)41-23(36)33-10-11-34(42(37,38)17-7-5-16(6-8-17)40-25(29,30)31)19(14-33)21(35)32-13-15-4-9-20(18(26)12-15)39-22(27)28;21-15-9-12(1-6-17(15)33-19(22)23)10-28-18(30)16-11-27-7-8-29(16)35(31,32)14-4-2-13(3-5-14)34-20(24,25)26/h4-9,12,19,22H,10-11,13-14H2,1-3H3,(H,32,35);1-6,9,16,19,27H,7-8,10-11H2,(H,28,30)/t19-;16-/m11/s1. The molecule has 0 aromatic heterocycles. The number of piperazine rings is 2. The van der Waals surface area contributed by atoms with Gasteiger partial charge < -0.3 is 44.5 Å². The molecule has 2 heterocycles. The molecule has 0 radical (unpaired) electrons. The second kappa shape index (κ2) is 25.1. The van der Waals surface area contributed by atoms with Gasteiger partial charge >= 0.3 is 32.0 Å². The van der Waals surface area contributed by atoms with Crippen molar-refractivity contribution in [3.8, 4) is 23.0 Å².